The SMILES string of the molecule is CCOC(=O)CN1CCN(c2cc(N(CCc3ccc(OC(F)(F)F)cc3)C(=O)OC(C)(C)C)nc(OC)n2)CC1. The van der Waals surface area contributed by atoms with Gasteiger partial charge in [0.25, 0.3) is 0 Å². The van der Waals surface area contributed by atoms with Gasteiger partial charge in [-0.2, -0.15) is 9.97 Å². The summed E-state index contributed by atoms with van der Waals surface area (Å²) in [6.07, 6.45) is -5.15. The standard InChI is InChI=1S/C27H36F3N5O6/c1-6-39-23(36)18-33-13-15-34(16-14-33)21-17-22(32-24(31-21)38-5)35(25(37)41-26(2,3)4)12-11-19-7-9-20(10-8-19)40-27(28,29)30/h7-10,17H,6,11-16,18H2,1-5H3. The summed E-state index contributed by atoms with van der Waals surface area (Å²) in [7, 11) is 1.42. The number of hydrogen-bond acceptors (Lipinski definition) is 10. The number of alkyl halides is 3. The van der Waals surface area contributed by atoms with Gasteiger partial charge in [-0.05, 0) is 51.8 Å². The van der Waals surface area contributed by atoms with Crippen LogP contribution < -0.4 is 19.3 Å². The fraction of sp³-hybridized carbons (Fsp3) is 0.556. The van der Waals surface area contributed by atoms with Crippen LogP contribution in [0.3, 0.4) is 0 Å². The van der Waals surface area contributed by atoms with Crippen LogP contribution in [0.4, 0.5) is 29.6 Å². The minimum atomic E-state index is -4.79. The summed E-state index contributed by atoms with van der Waals surface area (Å²) in [6, 6.07) is 7.14. The molecule has 1 saturated heterocycles. The second-order valence-electron chi connectivity index (χ2n) is 10.2. The van der Waals surface area contributed by atoms with Crippen molar-refractivity contribution in [2.45, 2.75) is 46.1 Å². The molecular formula is C27H36F3N5O6. The average Bonchev–Trinajstić information content (AvgIpc) is 2.88. The number of anilines is 2. The molecule has 0 N–H and O–H groups in total. The molecule has 14 heteroatoms. The molecule has 0 unspecified atom stereocenters. The number of carbonyl (C=O) groups is 2. The third-order valence-corrected chi connectivity index (χ3v) is 5.89. The van der Waals surface area contributed by atoms with Crippen LogP contribution in [0.2, 0.25) is 0 Å². The quantitative estimate of drug-likeness (QED) is 0.380. The summed E-state index contributed by atoms with van der Waals surface area (Å²) in [5, 5.41) is 0. The van der Waals surface area contributed by atoms with Gasteiger partial charge >= 0.3 is 24.4 Å². The molecule has 2 heterocycles. The van der Waals surface area contributed by atoms with E-state index in [2.05, 4.69) is 14.7 Å². The highest BCUT2D eigenvalue weighted by Gasteiger charge is 2.31. The lowest BCUT2D eigenvalue weighted by Gasteiger charge is -2.35. The third kappa shape index (κ3) is 10.3. The van der Waals surface area contributed by atoms with E-state index in [0.29, 0.717) is 50.6 Å². The number of esters is 1. The molecule has 1 fully saturated rings. The first-order valence-corrected chi connectivity index (χ1v) is 13.2. The minimum Gasteiger partial charge on any atom is -0.467 e. The lowest BCUT2D eigenvalue weighted by molar-refractivity contribution is -0.274. The van der Waals surface area contributed by atoms with Gasteiger partial charge in [-0.15, -0.1) is 13.2 Å². The van der Waals surface area contributed by atoms with Gasteiger partial charge in [0.15, 0.2) is 0 Å². The van der Waals surface area contributed by atoms with Gasteiger partial charge in [-0.25, -0.2) is 4.79 Å². The molecule has 41 heavy (non-hydrogen) atoms. The van der Waals surface area contributed by atoms with Crippen LogP contribution in [0.5, 0.6) is 11.8 Å². The van der Waals surface area contributed by atoms with Gasteiger partial charge in [0.05, 0.1) is 20.3 Å². The molecule has 0 radical (unpaired) electrons. The van der Waals surface area contributed by atoms with Gasteiger partial charge in [-0.3, -0.25) is 14.6 Å². The zero-order valence-electron chi connectivity index (χ0n) is 23.9. The Morgan fingerprint density at radius 2 is 1.68 bits per heavy atom. The summed E-state index contributed by atoms with van der Waals surface area (Å²) in [5.74, 6) is 0.164. The van der Waals surface area contributed by atoms with E-state index in [1.165, 1.54) is 36.3 Å². The van der Waals surface area contributed by atoms with Crippen molar-refractivity contribution < 1.29 is 41.7 Å². The smallest absolute Gasteiger partial charge is 0.467 e. The zero-order valence-corrected chi connectivity index (χ0v) is 23.9. The number of hydrogen-bond donors (Lipinski definition) is 0. The number of carbonyl (C=O) groups excluding carboxylic acids is 2. The maximum Gasteiger partial charge on any atom is 0.573 e. The summed E-state index contributed by atoms with van der Waals surface area (Å²) in [6.45, 7) is 9.97. The monoisotopic (exact) mass is 583 g/mol. The van der Waals surface area contributed by atoms with Crippen molar-refractivity contribution in [3.05, 3.63) is 35.9 Å². The molecule has 0 spiro atoms. The van der Waals surface area contributed by atoms with E-state index in [1.54, 1.807) is 33.8 Å². The van der Waals surface area contributed by atoms with E-state index in [4.69, 9.17) is 14.2 Å². The van der Waals surface area contributed by atoms with Crippen LogP contribution >= 0.6 is 0 Å². The number of piperazine rings is 1. The summed E-state index contributed by atoms with van der Waals surface area (Å²) >= 11 is 0. The van der Waals surface area contributed by atoms with Crippen molar-refractivity contribution in [1.29, 1.82) is 0 Å². The number of nitrogens with zero attached hydrogens (tertiary/aromatic N) is 5. The van der Waals surface area contributed by atoms with Gasteiger partial charge in [-0.1, -0.05) is 12.1 Å². The second kappa shape index (κ2) is 13.7. The summed E-state index contributed by atoms with van der Waals surface area (Å²) in [4.78, 5) is 39.3. The van der Waals surface area contributed by atoms with Crippen LogP contribution in [0.1, 0.15) is 33.3 Å². The first-order chi connectivity index (χ1) is 19.3. The lowest BCUT2D eigenvalue weighted by Crippen LogP contribution is -2.48. The molecule has 11 nitrogen and oxygen atoms in total. The Balaban J connectivity index is 1.80. The van der Waals surface area contributed by atoms with Gasteiger partial charge in [0, 0.05) is 38.8 Å². The fourth-order valence-corrected chi connectivity index (χ4v) is 4.03. The average molecular weight is 584 g/mol. The topological polar surface area (TPSA) is 107 Å². The van der Waals surface area contributed by atoms with Gasteiger partial charge in [0.1, 0.15) is 23.0 Å². The van der Waals surface area contributed by atoms with Crippen LogP contribution in [-0.4, -0.2) is 91.9 Å². The predicted octanol–water partition coefficient (Wildman–Crippen LogP) is 4.05. The highest BCUT2D eigenvalue weighted by Crippen LogP contribution is 2.26. The van der Waals surface area contributed by atoms with Crippen molar-refractivity contribution in [2.24, 2.45) is 0 Å². The van der Waals surface area contributed by atoms with Crippen molar-refractivity contribution in [1.82, 2.24) is 14.9 Å². The number of amides is 1. The van der Waals surface area contributed by atoms with Crippen molar-refractivity contribution in [2.75, 3.05) is 62.8 Å². The second-order valence-corrected chi connectivity index (χ2v) is 10.2. The van der Waals surface area contributed by atoms with E-state index in [1.807, 2.05) is 9.80 Å². The zero-order chi connectivity index (χ0) is 30.2. The largest absolute Gasteiger partial charge is 0.573 e. The Bertz CT molecular complexity index is 1170. The maximum atomic E-state index is 13.3. The Kier molecular flexibility index (Phi) is 10.6. The molecule has 1 aliphatic rings. The minimum absolute atomic E-state index is 0.0497. The number of aromatic nitrogens is 2. The number of ether oxygens (including phenoxy) is 4. The molecule has 0 aliphatic carbocycles. The number of methoxy groups -OCH3 is 1. The molecule has 2 aromatic rings. The third-order valence-electron chi connectivity index (χ3n) is 5.89. The maximum absolute atomic E-state index is 13.3. The van der Waals surface area contributed by atoms with E-state index in [0.717, 1.165) is 0 Å². The van der Waals surface area contributed by atoms with Gasteiger partial charge < -0.3 is 23.8 Å². The molecule has 226 valence electrons. The lowest BCUT2D eigenvalue weighted by atomic mass is 10.1. The summed E-state index contributed by atoms with van der Waals surface area (Å²) in [5.41, 5.74) is -0.117. The van der Waals surface area contributed by atoms with Crippen LogP contribution in [0.15, 0.2) is 30.3 Å². The Hall–Kier alpha value is -3.81. The van der Waals surface area contributed by atoms with Crippen molar-refractivity contribution in [3.8, 4) is 11.8 Å². The normalized spacial score (nSPS) is 14.4. The number of benzene rings is 1. The first kappa shape index (κ1) is 31.7. The fourth-order valence-electron chi connectivity index (χ4n) is 4.03. The molecule has 0 bridgehead atoms. The van der Waals surface area contributed by atoms with E-state index in [9.17, 15) is 22.8 Å². The van der Waals surface area contributed by atoms with Crippen molar-refractivity contribution >= 4 is 23.7 Å². The predicted molar refractivity (Wildman–Crippen MR) is 144 cm³/mol. The number of rotatable bonds is 10. The van der Waals surface area contributed by atoms with Crippen molar-refractivity contribution in [3.63, 3.8) is 0 Å². The van der Waals surface area contributed by atoms with E-state index in [-0.39, 0.29) is 36.6 Å². The molecule has 1 aliphatic heterocycles. The van der Waals surface area contributed by atoms with Crippen LogP contribution in [0, 0.1) is 0 Å². The molecule has 1 aromatic heterocycles. The molecule has 1 aromatic carbocycles. The van der Waals surface area contributed by atoms with E-state index < -0.39 is 18.1 Å². The van der Waals surface area contributed by atoms with E-state index >= 15 is 0 Å². The van der Waals surface area contributed by atoms with Gasteiger partial charge in [0.2, 0.25) is 0 Å². The molecule has 3 rings (SSSR count). The summed E-state index contributed by atoms with van der Waals surface area (Å²) < 4.78 is 57.4. The van der Waals surface area contributed by atoms with Crippen LogP contribution in [0.25, 0.3) is 0 Å². The highest BCUT2D eigenvalue weighted by molar-refractivity contribution is 5.87. The van der Waals surface area contributed by atoms with Crippen LogP contribution in [-0.2, 0) is 20.7 Å². The molecule has 0 atom stereocenters. The molecule has 1 amide bonds. The Morgan fingerprint density at radius 1 is 1.02 bits per heavy atom. The number of halogens is 3. The Morgan fingerprint density at radius 3 is 2.24 bits per heavy atom. The highest BCUT2D eigenvalue weighted by atomic mass is 19.4. The first-order valence-electron chi connectivity index (χ1n) is 13.2. The molecule has 0 saturated carbocycles. The molecular weight excluding hydrogens is 547 g/mol. The Labute approximate surface area is 237 Å².